The average molecular weight is 246 g/mol. The minimum Gasteiger partial charge on any atom is -0.430 e. The highest BCUT2D eigenvalue weighted by atomic mass is 16.4. The Bertz CT molecular complexity index is 537. The van der Waals surface area contributed by atoms with Gasteiger partial charge in [0.25, 0.3) is 5.91 Å². The highest BCUT2D eigenvalue weighted by molar-refractivity contribution is 5.93. The van der Waals surface area contributed by atoms with Crippen LogP contribution in [-0.4, -0.2) is 17.0 Å². The lowest BCUT2D eigenvalue weighted by Gasteiger charge is -2.05. The van der Waals surface area contributed by atoms with Crippen molar-refractivity contribution < 1.29 is 9.21 Å². The third-order valence-electron chi connectivity index (χ3n) is 2.51. The SMILES string of the molecule is O=C(NCCCn1cccc1)c1ccc(=O)oc1. The largest absolute Gasteiger partial charge is 0.430 e. The van der Waals surface area contributed by atoms with Crippen LogP contribution in [0.1, 0.15) is 16.8 Å². The molecule has 2 heterocycles. The van der Waals surface area contributed by atoms with Crippen LogP contribution in [0, 0.1) is 0 Å². The van der Waals surface area contributed by atoms with Gasteiger partial charge in [-0.1, -0.05) is 0 Å². The van der Waals surface area contributed by atoms with E-state index in [1.165, 1.54) is 18.4 Å². The lowest BCUT2D eigenvalue weighted by molar-refractivity contribution is 0.0950. The van der Waals surface area contributed by atoms with Gasteiger partial charge in [-0.2, -0.15) is 0 Å². The molecule has 18 heavy (non-hydrogen) atoms. The molecule has 0 atom stereocenters. The average Bonchev–Trinajstić information content (AvgIpc) is 2.88. The van der Waals surface area contributed by atoms with Crippen LogP contribution in [0.15, 0.2) is 52.1 Å². The third kappa shape index (κ3) is 3.35. The van der Waals surface area contributed by atoms with Crippen LogP contribution in [0.3, 0.4) is 0 Å². The van der Waals surface area contributed by atoms with E-state index >= 15 is 0 Å². The van der Waals surface area contributed by atoms with E-state index < -0.39 is 5.63 Å². The molecule has 0 saturated carbocycles. The van der Waals surface area contributed by atoms with Crippen molar-refractivity contribution in [2.45, 2.75) is 13.0 Å². The molecule has 2 aromatic rings. The summed E-state index contributed by atoms with van der Waals surface area (Å²) < 4.78 is 6.67. The predicted octanol–water partition coefficient (Wildman–Crippen LogP) is 1.26. The summed E-state index contributed by atoms with van der Waals surface area (Å²) in [6.45, 7) is 1.44. The van der Waals surface area contributed by atoms with Gasteiger partial charge in [0.15, 0.2) is 0 Å². The van der Waals surface area contributed by atoms with Crippen molar-refractivity contribution in [3.63, 3.8) is 0 Å². The summed E-state index contributed by atoms with van der Waals surface area (Å²) in [7, 11) is 0. The van der Waals surface area contributed by atoms with Gasteiger partial charge in [0.1, 0.15) is 6.26 Å². The van der Waals surface area contributed by atoms with Crippen LogP contribution >= 0.6 is 0 Å². The van der Waals surface area contributed by atoms with Crippen LogP contribution < -0.4 is 10.9 Å². The second kappa shape index (κ2) is 5.86. The van der Waals surface area contributed by atoms with Crippen LogP contribution in [0.4, 0.5) is 0 Å². The Kier molecular flexibility index (Phi) is 3.96. The fourth-order valence-electron chi connectivity index (χ4n) is 1.57. The van der Waals surface area contributed by atoms with E-state index in [0.29, 0.717) is 12.1 Å². The van der Waals surface area contributed by atoms with Crippen molar-refractivity contribution in [1.29, 1.82) is 0 Å². The van der Waals surface area contributed by atoms with Gasteiger partial charge < -0.3 is 14.3 Å². The minimum atomic E-state index is -0.459. The Morgan fingerprint density at radius 3 is 2.72 bits per heavy atom. The van der Waals surface area contributed by atoms with E-state index in [2.05, 4.69) is 9.73 Å². The van der Waals surface area contributed by atoms with E-state index in [4.69, 9.17) is 0 Å². The lowest BCUT2D eigenvalue weighted by Crippen LogP contribution is -2.25. The molecule has 0 aromatic carbocycles. The van der Waals surface area contributed by atoms with Gasteiger partial charge in [-0.3, -0.25) is 4.79 Å². The van der Waals surface area contributed by atoms with Gasteiger partial charge in [-0.15, -0.1) is 0 Å². The zero-order valence-electron chi connectivity index (χ0n) is 9.83. The summed E-state index contributed by atoms with van der Waals surface area (Å²) in [6.07, 6.45) is 5.97. The standard InChI is InChI=1S/C13H14N2O3/c16-12-5-4-11(10-18-12)13(17)14-6-3-9-15-7-1-2-8-15/h1-2,4-5,7-8,10H,3,6,9H2,(H,14,17). The highest BCUT2D eigenvalue weighted by Gasteiger charge is 2.04. The molecule has 2 aromatic heterocycles. The Balaban J connectivity index is 1.75. The fraction of sp³-hybridized carbons (Fsp3) is 0.231. The molecule has 0 aliphatic heterocycles. The minimum absolute atomic E-state index is 0.230. The lowest BCUT2D eigenvalue weighted by atomic mass is 10.3. The Labute approximate surface area is 104 Å². The van der Waals surface area contributed by atoms with Crippen molar-refractivity contribution in [3.8, 4) is 0 Å². The van der Waals surface area contributed by atoms with Gasteiger partial charge in [-0.25, -0.2) is 4.79 Å². The number of aromatic nitrogens is 1. The number of hydrogen-bond acceptors (Lipinski definition) is 3. The van der Waals surface area contributed by atoms with Crippen molar-refractivity contribution >= 4 is 5.91 Å². The van der Waals surface area contributed by atoms with Gasteiger partial charge in [-0.05, 0) is 24.6 Å². The molecular formula is C13H14N2O3. The number of rotatable bonds is 5. The summed E-state index contributed by atoms with van der Waals surface area (Å²) >= 11 is 0. The first-order valence-electron chi connectivity index (χ1n) is 5.73. The summed E-state index contributed by atoms with van der Waals surface area (Å²) in [5.74, 6) is -0.230. The molecule has 0 unspecified atom stereocenters. The number of amides is 1. The molecule has 0 saturated heterocycles. The van der Waals surface area contributed by atoms with Crippen LogP contribution in [0.5, 0.6) is 0 Å². The van der Waals surface area contributed by atoms with E-state index in [1.54, 1.807) is 0 Å². The molecule has 1 amide bonds. The van der Waals surface area contributed by atoms with Gasteiger partial charge in [0.2, 0.25) is 0 Å². The van der Waals surface area contributed by atoms with Crippen molar-refractivity contribution in [2.75, 3.05) is 6.54 Å². The molecule has 5 nitrogen and oxygen atoms in total. The third-order valence-corrected chi connectivity index (χ3v) is 2.51. The van der Waals surface area contributed by atoms with E-state index in [1.807, 2.05) is 29.1 Å². The summed E-state index contributed by atoms with van der Waals surface area (Å²) in [6, 6.07) is 6.61. The van der Waals surface area contributed by atoms with E-state index in [-0.39, 0.29) is 5.91 Å². The first-order valence-corrected chi connectivity index (χ1v) is 5.73. The predicted molar refractivity (Wildman–Crippen MR) is 66.4 cm³/mol. The second-order valence-corrected chi connectivity index (χ2v) is 3.87. The number of nitrogens with one attached hydrogen (secondary N) is 1. The zero-order chi connectivity index (χ0) is 12.8. The molecule has 5 heteroatoms. The maximum absolute atomic E-state index is 11.6. The first-order chi connectivity index (χ1) is 8.75. The van der Waals surface area contributed by atoms with Crippen molar-refractivity contribution in [1.82, 2.24) is 9.88 Å². The molecule has 1 N–H and O–H groups in total. The van der Waals surface area contributed by atoms with Crippen molar-refractivity contribution in [3.05, 3.63) is 58.9 Å². The molecule has 2 rings (SSSR count). The van der Waals surface area contributed by atoms with Crippen LogP contribution in [-0.2, 0) is 6.54 Å². The summed E-state index contributed by atoms with van der Waals surface area (Å²) in [5.41, 5.74) is -0.102. The zero-order valence-corrected chi connectivity index (χ0v) is 9.83. The summed E-state index contributed by atoms with van der Waals surface area (Å²) in [4.78, 5) is 22.4. The summed E-state index contributed by atoms with van der Waals surface area (Å²) in [5, 5.41) is 2.77. The number of carbonyl (C=O) groups is 1. The fourth-order valence-corrected chi connectivity index (χ4v) is 1.57. The molecule has 0 fully saturated rings. The molecule has 0 spiro atoms. The first kappa shape index (κ1) is 12.2. The number of nitrogens with zero attached hydrogens (tertiary/aromatic N) is 1. The normalized spacial score (nSPS) is 10.2. The molecule has 0 bridgehead atoms. The highest BCUT2D eigenvalue weighted by Crippen LogP contribution is 1.96. The molecule has 0 aliphatic carbocycles. The number of carbonyl (C=O) groups excluding carboxylic acids is 1. The van der Waals surface area contributed by atoms with E-state index in [9.17, 15) is 9.59 Å². The van der Waals surface area contributed by atoms with Gasteiger partial charge in [0.05, 0.1) is 5.56 Å². The quantitative estimate of drug-likeness (QED) is 0.808. The number of aryl methyl sites for hydroxylation is 1. The van der Waals surface area contributed by atoms with E-state index in [0.717, 1.165) is 13.0 Å². The van der Waals surface area contributed by atoms with Crippen LogP contribution in [0.2, 0.25) is 0 Å². The maximum atomic E-state index is 11.6. The molecule has 0 aliphatic rings. The topological polar surface area (TPSA) is 64.2 Å². The van der Waals surface area contributed by atoms with Gasteiger partial charge in [0, 0.05) is 31.5 Å². The maximum Gasteiger partial charge on any atom is 0.335 e. The second-order valence-electron chi connectivity index (χ2n) is 3.87. The molecule has 94 valence electrons. The van der Waals surface area contributed by atoms with Crippen molar-refractivity contribution in [2.24, 2.45) is 0 Å². The monoisotopic (exact) mass is 246 g/mol. The smallest absolute Gasteiger partial charge is 0.335 e. The molecule has 0 radical (unpaired) electrons. The Morgan fingerprint density at radius 2 is 2.06 bits per heavy atom. The van der Waals surface area contributed by atoms with Gasteiger partial charge >= 0.3 is 5.63 Å². The number of hydrogen-bond donors (Lipinski definition) is 1. The molecular weight excluding hydrogens is 232 g/mol. The Hall–Kier alpha value is -2.30. The van der Waals surface area contributed by atoms with Crippen LogP contribution in [0.25, 0.3) is 0 Å². The Morgan fingerprint density at radius 1 is 1.28 bits per heavy atom.